The maximum atomic E-state index is 2.48. The van der Waals surface area contributed by atoms with Crippen LogP contribution in [0, 0.1) is 0 Å². The van der Waals surface area contributed by atoms with Crippen LogP contribution in [0.2, 0.25) is 0 Å². The van der Waals surface area contributed by atoms with Crippen molar-refractivity contribution in [2.45, 2.75) is 31.6 Å². The van der Waals surface area contributed by atoms with Gasteiger partial charge in [0.05, 0.1) is 11.0 Å². The number of hydrogen-bond acceptors (Lipinski definition) is 0. The number of nitrogens with zero attached hydrogens (tertiary/aromatic N) is 1. The SMILES string of the molecule is CC1(C)c2ccccc2-c2cc(C(Cc3ccc(-c4ccc(-c5ccc6c(c5)c5ccccc5n6-c5ccccc5)cc4)cc3)c3ccc(-c4ccccc4)cc3)ccc21. The predicted molar refractivity (Wildman–Crippen MR) is 253 cm³/mol. The number of fused-ring (bicyclic) bond motifs is 6. The fraction of sp³-hybridized carbons (Fsp3) is 0.0847. The van der Waals surface area contributed by atoms with Gasteiger partial charge in [-0.3, -0.25) is 0 Å². The summed E-state index contributed by atoms with van der Waals surface area (Å²) in [5, 5.41) is 2.54. The first-order valence-corrected chi connectivity index (χ1v) is 21.2. The van der Waals surface area contributed by atoms with Gasteiger partial charge in [-0.2, -0.15) is 0 Å². The fourth-order valence-corrected chi connectivity index (χ4v) is 9.85. The smallest absolute Gasteiger partial charge is 0.0541 e. The molecule has 1 atom stereocenters. The Kier molecular flexibility index (Phi) is 8.71. The molecule has 0 N–H and O–H groups in total. The van der Waals surface area contributed by atoms with Crippen molar-refractivity contribution in [3.05, 3.63) is 246 Å². The minimum atomic E-state index is -0.0108. The van der Waals surface area contributed by atoms with Gasteiger partial charge in [0.1, 0.15) is 0 Å². The highest BCUT2D eigenvalue weighted by atomic mass is 15.0. The average molecular weight is 768 g/mol. The van der Waals surface area contributed by atoms with Gasteiger partial charge in [0.25, 0.3) is 0 Å². The summed E-state index contributed by atoms with van der Waals surface area (Å²) in [4.78, 5) is 0. The molecule has 286 valence electrons. The van der Waals surface area contributed by atoms with E-state index in [0.717, 1.165) is 6.42 Å². The Hall–Kier alpha value is -7.22. The number of aromatic nitrogens is 1. The molecule has 11 rings (SSSR count). The molecule has 0 fully saturated rings. The van der Waals surface area contributed by atoms with E-state index in [0.29, 0.717) is 0 Å². The Balaban J connectivity index is 0.892. The summed E-state index contributed by atoms with van der Waals surface area (Å²) in [6.07, 6.45) is 0.914. The minimum Gasteiger partial charge on any atom is -0.309 e. The summed E-state index contributed by atoms with van der Waals surface area (Å²) in [5.41, 5.74) is 20.6. The summed E-state index contributed by atoms with van der Waals surface area (Å²) in [6, 6.07) is 80.7. The second-order valence-corrected chi connectivity index (χ2v) is 16.9. The van der Waals surface area contributed by atoms with E-state index in [4.69, 9.17) is 0 Å². The van der Waals surface area contributed by atoms with Gasteiger partial charge in [0.15, 0.2) is 0 Å². The van der Waals surface area contributed by atoms with E-state index in [2.05, 4.69) is 237 Å². The average Bonchev–Trinajstić information content (AvgIpc) is 3.76. The van der Waals surface area contributed by atoms with Crippen molar-refractivity contribution in [1.82, 2.24) is 4.57 Å². The van der Waals surface area contributed by atoms with Gasteiger partial charge in [0.2, 0.25) is 0 Å². The molecule has 1 heteroatoms. The molecular formula is C59H45N. The van der Waals surface area contributed by atoms with Gasteiger partial charge in [-0.05, 0) is 109 Å². The maximum Gasteiger partial charge on any atom is 0.0541 e. The van der Waals surface area contributed by atoms with Crippen LogP contribution in [0.5, 0.6) is 0 Å². The quantitative estimate of drug-likeness (QED) is 0.145. The highest BCUT2D eigenvalue weighted by Gasteiger charge is 2.35. The lowest BCUT2D eigenvalue weighted by Crippen LogP contribution is -2.15. The molecule has 0 aliphatic heterocycles. The summed E-state index contributed by atoms with van der Waals surface area (Å²) < 4.78 is 2.37. The lowest BCUT2D eigenvalue weighted by Gasteiger charge is -2.23. The molecule has 0 bridgehead atoms. The molecule has 0 amide bonds. The van der Waals surface area contributed by atoms with Gasteiger partial charge >= 0.3 is 0 Å². The van der Waals surface area contributed by atoms with Gasteiger partial charge in [-0.1, -0.05) is 202 Å². The molecule has 1 aromatic heterocycles. The van der Waals surface area contributed by atoms with Crippen molar-refractivity contribution < 1.29 is 0 Å². The van der Waals surface area contributed by atoms with Gasteiger partial charge in [-0.15, -0.1) is 0 Å². The van der Waals surface area contributed by atoms with Crippen LogP contribution in [0.15, 0.2) is 218 Å². The lowest BCUT2D eigenvalue weighted by molar-refractivity contribution is 0.659. The number of hydrogen-bond donors (Lipinski definition) is 0. The van der Waals surface area contributed by atoms with Crippen molar-refractivity contribution in [1.29, 1.82) is 0 Å². The molecule has 60 heavy (non-hydrogen) atoms. The molecular weight excluding hydrogens is 723 g/mol. The molecule has 0 radical (unpaired) electrons. The van der Waals surface area contributed by atoms with E-state index in [1.54, 1.807) is 0 Å². The van der Waals surface area contributed by atoms with Crippen molar-refractivity contribution in [2.24, 2.45) is 0 Å². The van der Waals surface area contributed by atoms with Gasteiger partial charge < -0.3 is 4.57 Å². The normalized spacial score (nSPS) is 13.3. The standard InChI is InChI=1S/C59H45N/c1-59(2)55-19-11-9-17-50(55)53-39-48(33-35-56(53)59)52(46-31-29-43(30-32-46)41-13-5-3-6-14-41)37-40-21-23-42(24-22-40)44-25-27-45(28-26-44)47-34-36-58-54(38-47)51-18-10-12-20-57(51)60(58)49-15-7-4-8-16-49/h3-36,38-39,52H,37H2,1-2H3. The zero-order valence-electron chi connectivity index (χ0n) is 34.0. The number of rotatable bonds is 8. The highest BCUT2D eigenvalue weighted by Crippen LogP contribution is 2.49. The Bertz CT molecular complexity index is 3150. The van der Waals surface area contributed by atoms with E-state index >= 15 is 0 Å². The van der Waals surface area contributed by atoms with E-state index in [-0.39, 0.29) is 11.3 Å². The van der Waals surface area contributed by atoms with Crippen LogP contribution in [0.25, 0.3) is 72.0 Å². The van der Waals surface area contributed by atoms with Crippen molar-refractivity contribution >= 4 is 21.8 Å². The zero-order valence-corrected chi connectivity index (χ0v) is 34.0. The molecule has 0 saturated heterocycles. The van der Waals surface area contributed by atoms with Gasteiger partial charge in [-0.25, -0.2) is 0 Å². The molecule has 1 aliphatic carbocycles. The second kappa shape index (κ2) is 14.6. The molecule has 1 unspecified atom stereocenters. The molecule has 10 aromatic rings. The summed E-state index contributed by atoms with van der Waals surface area (Å²) in [7, 11) is 0. The van der Waals surface area contributed by atoms with Crippen molar-refractivity contribution in [3.63, 3.8) is 0 Å². The molecule has 0 spiro atoms. The van der Waals surface area contributed by atoms with Crippen LogP contribution in [0.3, 0.4) is 0 Å². The van der Waals surface area contributed by atoms with Crippen molar-refractivity contribution in [3.8, 4) is 50.2 Å². The first-order valence-electron chi connectivity index (χ1n) is 21.2. The molecule has 1 heterocycles. The van der Waals surface area contributed by atoms with Gasteiger partial charge in [0, 0.05) is 27.8 Å². The third-order valence-corrected chi connectivity index (χ3v) is 13.1. The molecule has 9 aromatic carbocycles. The first kappa shape index (κ1) is 35.9. The van der Waals surface area contributed by atoms with E-state index in [9.17, 15) is 0 Å². The predicted octanol–water partition coefficient (Wildman–Crippen LogP) is 15.5. The van der Waals surface area contributed by atoms with E-state index < -0.39 is 0 Å². The third kappa shape index (κ3) is 6.17. The summed E-state index contributed by atoms with van der Waals surface area (Å²) in [5.74, 6) is 0.209. The second-order valence-electron chi connectivity index (χ2n) is 16.9. The van der Waals surface area contributed by atoms with E-state index in [1.165, 1.54) is 99.8 Å². The minimum absolute atomic E-state index is 0.0108. The monoisotopic (exact) mass is 767 g/mol. The number of para-hydroxylation sites is 2. The maximum absolute atomic E-state index is 2.48. The van der Waals surface area contributed by atoms with Crippen LogP contribution in [0.1, 0.15) is 47.6 Å². The third-order valence-electron chi connectivity index (χ3n) is 13.1. The van der Waals surface area contributed by atoms with Crippen LogP contribution >= 0.6 is 0 Å². The molecule has 0 saturated carbocycles. The van der Waals surface area contributed by atoms with Crippen LogP contribution in [-0.4, -0.2) is 4.57 Å². The zero-order chi connectivity index (χ0) is 40.2. The van der Waals surface area contributed by atoms with Crippen LogP contribution in [0.4, 0.5) is 0 Å². The molecule has 1 aliphatic rings. The van der Waals surface area contributed by atoms with Crippen LogP contribution in [-0.2, 0) is 11.8 Å². The topological polar surface area (TPSA) is 4.93 Å². The van der Waals surface area contributed by atoms with Crippen molar-refractivity contribution in [2.75, 3.05) is 0 Å². The fourth-order valence-electron chi connectivity index (χ4n) is 9.85. The van der Waals surface area contributed by atoms with E-state index in [1.807, 2.05) is 0 Å². The summed E-state index contributed by atoms with van der Waals surface area (Å²) >= 11 is 0. The Morgan fingerprint density at radius 3 is 1.63 bits per heavy atom. The number of benzene rings is 9. The first-order chi connectivity index (χ1) is 29.5. The Morgan fingerprint density at radius 2 is 0.900 bits per heavy atom. The highest BCUT2D eigenvalue weighted by molar-refractivity contribution is 6.10. The molecule has 1 nitrogen and oxygen atoms in total. The largest absolute Gasteiger partial charge is 0.309 e. The van der Waals surface area contributed by atoms with Crippen LogP contribution < -0.4 is 0 Å². The Morgan fingerprint density at radius 1 is 0.383 bits per heavy atom. The lowest BCUT2D eigenvalue weighted by atomic mass is 9.80. The Labute approximate surface area is 352 Å². The summed E-state index contributed by atoms with van der Waals surface area (Å²) in [6.45, 7) is 4.72.